The van der Waals surface area contributed by atoms with Gasteiger partial charge < -0.3 is 20.1 Å². The monoisotopic (exact) mass is 315 g/mol. The lowest BCUT2D eigenvalue weighted by Gasteiger charge is -2.28. The van der Waals surface area contributed by atoms with Crippen LogP contribution in [0.4, 0.5) is 4.79 Å². The third kappa shape index (κ3) is 7.99. The van der Waals surface area contributed by atoms with Crippen molar-refractivity contribution >= 4 is 17.4 Å². The molecule has 1 amide bonds. The zero-order valence-corrected chi connectivity index (χ0v) is 13.9. The number of carbonyl (C=O) groups excluding carboxylic acids is 1. The predicted octanol–water partition coefficient (Wildman–Crippen LogP) is 1.85. The Morgan fingerprint density at radius 3 is 2.81 bits per heavy atom. The van der Waals surface area contributed by atoms with Crippen LogP contribution in [-0.2, 0) is 11.3 Å². The maximum absolute atomic E-state index is 12.1. The summed E-state index contributed by atoms with van der Waals surface area (Å²) in [5, 5.41) is 15.7. The Kier molecular flexibility index (Phi) is 7.07. The van der Waals surface area contributed by atoms with E-state index in [4.69, 9.17) is 4.74 Å². The summed E-state index contributed by atoms with van der Waals surface area (Å²) in [6, 6.07) is 0. The molecule has 1 atom stereocenters. The van der Waals surface area contributed by atoms with Gasteiger partial charge in [-0.15, -0.1) is 11.3 Å². The largest absolute Gasteiger partial charge is 0.444 e. The normalized spacial score (nSPS) is 13.0. The predicted molar refractivity (Wildman–Crippen MR) is 83.3 cm³/mol. The van der Waals surface area contributed by atoms with Crippen LogP contribution in [0.25, 0.3) is 0 Å². The van der Waals surface area contributed by atoms with Crippen molar-refractivity contribution in [3.8, 4) is 0 Å². The first-order chi connectivity index (χ1) is 9.78. The molecule has 0 radical (unpaired) electrons. The first-order valence-electron chi connectivity index (χ1n) is 7.03. The topological polar surface area (TPSA) is 74.7 Å². The van der Waals surface area contributed by atoms with E-state index in [9.17, 15) is 9.90 Å². The van der Waals surface area contributed by atoms with Crippen LogP contribution in [-0.4, -0.2) is 52.4 Å². The molecular weight excluding hydrogens is 290 g/mol. The molecule has 120 valence electrons. The van der Waals surface area contributed by atoms with E-state index in [-0.39, 0.29) is 6.54 Å². The van der Waals surface area contributed by atoms with Crippen molar-refractivity contribution in [1.82, 2.24) is 15.2 Å². The van der Waals surface area contributed by atoms with Crippen molar-refractivity contribution in [3.05, 3.63) is 16.6 Å². The van der Waals surface area contributed by atoms with Gasteiger partial charge >= 0.3 is 6.09 Å². The maximum atomic E-state index is 12.1. The quantitative estimate of drug-likeness (QED) is 0.751. The summed E-state index contributed by atoms with van der Waals surface area (Å²) in [7, 11) is 0. The summed E-state index contributed by atoms with van der Waals surface area (Å²) in [6.07, 6.45) is 0.776. The first kappa shape index (κ1) is 17.9. The molecule has 0 saturated heterocycles. The van der Waals surface area contributed by atoms with E-state index < -0.39 is 17.8 Å². The summed E-state index contributed by atoms with van der Waals surface area (Å²) >= 11 is 1.59. The van der Waals surface area contributed by atoms with Gasteiger partial charge in [-0.25, -0.2) is 9.78 Å². The second-order valence-corrected chi connectivity index (χ2v) is 6.86. The Bertz CT molecular complexity index is 416. The van der Waals surface area contributed by atoms with Gasteiger partial charge in [-0.2, -0.15) is 0 Å². The van der Waals surface area contributed by atoms with Crippen molar-refractivity contribution in [3.63, 3.8) is 0 Å². The van der Waals surface area contributed by atoms with E-state index in [0.29, 0.717) is 19.6 Å². The van der Waals surface area contributed by atoms with Gasteiger partial charge in [-0.1, -0.05) is 0 Å². The number of hydrogen-bond donors (Lipinski definition) is 2. The number of ether oxygens (including phenoxy) is 1. The summed E-state index contributed by atoms with van der Waals surface area (Å²) in [5.74, 6) is 0. The Morgan fingerprint density at radius 1 is 1.57 bits per heavy atom. The molecule has 21 heavy (non-hydrogen) atoms. The van der Waals surface area contributed by atoms with Crippen LogP contribution in [0.3, 0.4) is 0 Å². The van der Waals surface area contributed by atoms with E-state index in [1.807, 2.05) is 26.2 Å². The number of nitrogens with one attached hydrogen (secondary N) is 1. The van der Waals surface area contributed by atoms with Crippen molar-refractivity contribution < 1.29 is 14.6 Å². The minimum absolute atomic E-state index is 0.258. The van der Waals surface area contributed by atoms with E-state index in [0.717, 1.165) is 5.01 Å². The smallest absolute Gasteiger partial charge is 0.410 e. The fourth-order valence-electron chi connectivity index (χ4n) is 1.65. The molecule has 0 bridgehead atoms. The summed E-state index contributed by atoms with van der Waals surface area (Å²) < 4.78 is 5.34. The molecule has 2 N–H and O–H groups in total. The van der Waals surface area contributed by atoms with Gasteiger partial charge in [-0.3, -0.25) is 0 Å². The average Bonchev–Trinajstić information content (AvgIpc) is 2.83. The third-order valence-electron chi connectivity index (χ3n) is 2.45. The highest BCUT2D eigenvalue weighted by Crippen LogP contribution is 2.10. The molecule has 1 heterocycles. The van der Waals surface area contributed by atoms with Gasteiger partial charge in [0.05, 0.1) is 6.10 Å². The highest BCUT2D eigenvalue weighted by atomic mass is 32.1. The molecule has 1 rings (SSSR count). The molecule has 6 nitrogen and oxygen atoms in total. The SMILES string of the molecule is CC(O)CN(CCNCc1nccs1)C(=O)OC(C)(C)C. The minimum Gasteiger partial charge on any atom is -0.444 e. The average molecular weight is 315 g/mol. The third-order valence-corrected chi connectivity index (χ3v) is 3.23. The van der Waals surface area contributed by atoms with Crippen LogP contribution < -0.4 is 5.32 Å². The van der Waals surface area contributed by atoms with Crippen molar-refractivity contribution in [1.29, 1.82) is 0 Å². The molecule has 0 aliphatic carbocycles. The number of aliphatic hydroxyl groups is 1. The molecule has 1 unspecified atom stereocenters. The summed E-state index contributed by atoms with van der Waals surface area (Å²) in [5.41, 5.74) is -0.539. The standard InChI is InChI=1S/C14H25N3O3S/c1-11(18)10-17(13(19)20-14(2,3)4)7-5-15-9-12-16-6-8-21-12/h6,8,11,15,18H,5,7,9-10H2,1-4H3. The van der Waals surface area contributed by atoms with E-state index in [1.54, 1.807) is 24.5 Å². The first-order valence-corrected chi connectivity index (χ1v) is 7.91. The molecule has 1 aromatic rings. The number of aliphatic hydroxyl groups excluding tert-OH is 1. The van der Waals surface area contributed by atoms with Gasteiger partial charge in [0.25, 0.3) is 0 Å². The summed E-state index contributed by atoms with van der Waals surface area (Å²) in [4.78, 5) is 17.8. The van der Waals surface area contributed by atoms with Crippen molar-refractivity contribution in [2.75, 3.05) is 19.6 Å². The van der Waals surface area contributed by atoms with Crippen LogP contribution in [0.2, 0.25) is 0 Å². The van der Waals surface area contributed by atoms with E-state index >= 15 is 0 Å². The van der Waals surface area contributed by atoms with Crippen LogP contribution in [0.1, 0.15) is 32.7 Å². The Hall–Kier alpha value is -1.18. The lowest BCUT2D eigenvalue weighted by Crippen LogP contribution is -2.43. The molecule has 0 aromatic carbocycles. The van der Waals surface area contributed by atoms with Gasteiger partial charge in [-0.05, 0) is 27.7 Å². The molecule has 0 aliphatic rings. The van der Waals surface area contributed by atoms with Crippen LogP contribution in [0.15, 0.2) is 11.6 Å². The number of hydrogen-bond acceptors (Lipinski definition) is 6. The van der Waals surface area contributed by atoms with Gasteiger partial charge in [0.15, 0.2) is 0 Å². The molecule has 1 aromatic heterocycles. The number of rotatable bonds is 7. The maximum Gasteiger partial charge on any atom is 0.410 e. The minimum atomic E-state index is -0.587. The molecular formula is C14H25N3O3S. The van der Waals surface area contributed by atoms with E-state index in [1.165, 1.54) is 4.90 Å². The highest BCUT2D eigenvalue weighted by Gasteiger charge is 2.22. The van der Waals surface area contributed by atoms with Gasteiger partial charge in [0, 0.05) is 37.8 Å². The Morgan fingerprint density at radius 2 is 2.29 bits per heavy atom. The zero-order chi connectivity index (χ0) is 15.9. The lowest BCUT2D eigenvalue weighted by molar-refractivity contribution is 0.0164. The molecule has 7 heteroatoms. The number of carbonyl (C=O) groups is 1. The fraction of sp³-hybridized carbons (Fsp3) is 0.714. The van der Waals surface area contributed by atoms with E-state index in [2.05, 4.69) is 10.3 Å². The number of thiazole rings is 1. The van der Waals surface area contributed by atoms with Crippen LogP contribution in [0.5, 0.6) is 0 Å². The molecule has 0 saturated carbocycles. The van der Waals surface area contributed by atoms with Gasteiger partial charge in [0.1, 0.15) is 10.6 Å². The number of nitrogens with zero attached hydrogens (tertiary/aromatic N) is 2. The zero-order valence-electron chi connectivity index (χ0n) is 13.1. The number of amides is 1. The Balaban J connectivity index is 2.40. The van der Waals surface area contributed by atoms with Gasteiger partial charge in [0.2, 0.25) is 0 Å². The highest BCUT2D eigenvalue weighted by molar-refractivity contribution is 7.09. The molecule has 0 fully saturated rings. The Labute approximate surface area is 130 Å². The second-order valence-electron chi connectivity index (χ2n) is 5.88. The molecule has 0 aliphatic heterocycles. The van der Waals surface area contributed by atoms with Crippen LogP contribution >= 0.6 is 11.3 Å². The van der Waals surface area contributed by atoms with Crippen molar-refractivity contribution in [2.45, 2.75) is 45.9 Å². The summed E-state index contributed by atoms with van der Waals surface area (Å²) in [6.45, 7) is 9.16. The van der Waals surface area contributed by atoms with Crippen molar-refractivity contribution in [2.24, 2.45) is 0 Å². The second kappa shape index (κ2) is 8.31. The molecule has 0 spiro atoms. The lowest BCUT2D eigenvalue weighted by atomic mass is 10.2. The number of aromatic nitrogens is 1. The van der Waals surface area contributed by atoms with Crippen LogP contribution in [0, 0.1) is 0 Å². The fourth-order valence-corrected chi connectivity index (χ4v) is 2.24.